The highest BCUT2D eigenvalue weighted by Gasteiger charge is 2.19. The third-order valence-corrected chi connectivity index (χ3v) is 4.18. The molecule has 0 spiro atoms. The molecular weight excluding hydrogens is 307 g/mol. The van der Waals surface area contributed by atoms with Gasteiger partial charge in [-0.1, -0.05) is 6.07 Å². The molecule has 1 atom stereocenters. The first-order valence-electron chi connectivity index (χ1n) is 8.41. The van der Waals surface area contributed by atoms with Crippen LogP contribution in [0.25, 0.3) is 0 Å². The molecule has 1 saturated heterocycles. The molecule has 1 heterocycles. The topological polar surface area (TPSA) is 40.1 Å². The smallest absolute Gasteiger partial charge is 0.193 e. The average molecular weight is 336 g/mol. The average Bonchev–Trinajstić information content (AvgIpc) is 3.03. The molecule has 5 nitrogen and oxygen atoms in total. The highest BCUT2D eigenvalue weighted by molar-refractivity contribution is 5.79. The van der Waals surface area contributed by atoms with Gasteiger partial charge in [0.1, 0.15) is 5.82 Å². The number of rotatable bonds is 6. The van der Waals surface area contributed by atoms with E-state index in [4.69, 9.17) is 4.74 Å². The van der Waals surface area contributed by atoms with Crippen molar-refractivity contribution in [1.82, 2.24) is 15.1 Å². The predicted molar refractivity (Wildman–Crippen MR) is 95.5 cm³/mol. The van der Waals surface area contributed by atoms with Crippen molar-refractivity contribution in [1.29, 1.82) is 0 Å². The van der Waals surface area contributed by atoms with Gasteiger partial charge in [-0.25, -0.2) is 4.39 Å². The number of guanidine groups is 1. The number of hydrogen-bond acceptors (Lipinski definition) is 3. The number of benzene rings is 1. The minimum Gasteiger partial charge on any atom is -0.381 e. The highest BCUT2D eigenvalue weighted by atomic mass is 19.1. The molecule has 1 N–H and O–H groups in total. The van der Waals surface area contributed by atoms with Crippen LogP contribution in [-0.4, -0.2) is 63.7 Å². The van der Waals surface area contributed by atoms with Crippen LogP contribution < -0.4 is 5.32 Å². The molecule has 1 fully saturated rings. The summed E-state index contributed by atoms with van der Waals surface area (Å²) in [5.74, 6) is 1.25. The first-order valence-corrected chi connectivity index (χ1v) is 8.41. The normalized spacial score (nSPS) is 18.2. The maximum atomic E-state index is 13.9. The van der Waals surface area contributed by atoms with Gasteiger partial charge >= 0.3 is 0 Å². The van der Waals surface area contributed by atoms with Crippen molar-refractivity contribution in [2.24, 2.45) is 10.9 Å². The lowest BCUT2D eigenvalue weighted by Gasteiger charge is -2.24. The zero-order chi connectivity index (χ0) is 17.5. The number of nitrogens with zero attached hydrogens (tertiary/aromatic N) is 3. The molecule has 1 aliphatic heterocycles. The fourth-order valence-corrected chi connectivity index (χ4v) is 2.97. The van der Waals surface area contributed by atoms with Crippen molar-refractivity contribution < 1.29 is 9.13 Å². The van der Waals surface area contributed by atoms with Crippen molar-refractivity contribution in [2.75, 3.05) is 47.9 Å². The fourth-order valence-electron chi connectivity index (χ4n) is 2.97. The number of aliphatic imine (C=N–C) groups is 1. The zero-order valence-electron chi connectivity index (χ0n) is 15.2. The van der Waals surface area contributed by atoms with E-state index in [0.29, 0.717) is 24.6 Å². The maximum absolute atomic E-state index is 13.9. The van der Waals surface area contributed by atoms with Crippen molar-refractivity contribution in [3.05, 3.63) is 35.1 Å². The van der Waals surface area contributed by atoms with Crippen LogP contribution in [0.2, 0.25) is 0 Å². The molecule has 134 valence electrons. The van der Waals surface area contributed by atoms with Crippen LogP contribution in [-0.2, 0) is 17.8 Å². The summed E-state index contributed by atoms with van der Waals surface area (Å²) in [6.07, 6.45) is 1.10. The first-order chi connectivity index (χ1) is 11.5. The highest BCUT2D eigenvalue weighted by Crippen LogP contribution is 2.14. The SMILES string of the molecule is CN=C(NCc1ccc(F)c(CN(C)C)c1)N(C)CC1CCOC1. The van der Waals surface area contributed by atoms with Crippen molar-refractivity contribution >= 4 is 5.96 Å². The van der Waals surface area contributed by atoms with Crippen LogP contribution in [0.1, 0.15) is 17.5 Å². The lowest BCUT2D eigenvalue weighted by molar-refractivity contribution is 0.181. The maximum Gasteiger partial charge on any atom is 0.193 e. The second-order valence-electron chi connectivity index (χ2n) is 6.67. The molecule has 2 rings (SSSR count). The van der Waals surface area contributed by atoms with Gasteiger partial charge in [-0.3, -0.25) is 4.99 Å². The molecule has 0 saturated carbocycles. The van der Waals surface area contributed by atoms with E-state index in [0.717, 1.165) is 37.7 Å². The van der Waals surface area contributed by atoms with Crippen molar-refractivity contribution in [2.45, 2.75) is 19.5 Å². The fraction of sp³-hybridized carbons (Fsp3) is 0.611. The van der Waals surface area contributed by atoms with Crippen LogP contribution in [0.5, 0.6) is 0 Å². The van der Waals surface area contributed by atoms with Crippen LogP contribution in [0, 0.1) is 11.7 Å². The summed E-state index contributed by atoms with van der Waals surface area (Å²) in [6.45, 7) is 3.83. The van der Waals surface area contributed by atoms with Gasteiger partial charge in [-0.05, 0) is 38.2 Å². The van der Waals surface area contributed by atoms with Crippen LogP contribution >= 0.6 is 0 Å². The lowest BCUT2D eigenvalue weighted by Crippen LogP contribution is -2.41. The van der Waals surface area contributed by atoms with Gasteiger partial charge in [0.2, 0.25) is 0 Å². The number of ether oxygens (including phenoxy) is 1. The summed E-state index contributed by atoms with van der Waals surface area (Å²) in [4.78, 5) is 8.43. The lowest BCUT2D eigenvalue weighted by atomic mass is 10.1. The molecule has 24 heavy (non-hydrogen) atoms. The Hall–Kier alpha value is -1.66. The largest absolute Gasteiger partial charge is 0.381 e. The van der Waals surface area contributed by atoms with Gasteiger partial charge in [0.05, 0.1) is 6.61 Å². The molecule has 0 aliphatic carbocycles. The van der Waals surface area contributed by atoms with Crippen LogP contribution in [0.4, 0.5) is 4.39 Å². The Bertz CT molecular complexity index is 556. The Morgan fingerprint density at radius 3 is 2.79 bits per heavy atom. The molecule has 1 aromatic rings. The molecule has 0 amide bonds. The number of halogens is 1. The second-order valence-corrected chi connectivity index (χ2v) is 6.67. The van der Waals surface area contributed by atoms with E-state index in [-0.39, 0.29) is 5.82 Å². The quantitative estimate of drug-likeness (QED) is 0.637. The Morgan fingerprint density at radius 1 is 1.38 bits per heavy atom. The number of nitrogens with one attached hydrogen (secondary N) is 1. The van der Waals surface area contributed by atoms with E-state index < -0.39 is 0 Å². The molecule has 1 aromatic carbocycles. The van der Waals surface area contributed by atoms with Gasteiger partial charge in [0, 0.05) is 51.8 Å². The first kappa shape index (κ1) is 18.7. The van der Waals surface area contributed by atoms with Gasteiger partial charge < -0.3 is 19.9 Å². The van der Waals surface area contributed by atoms with Gasteiger partial charge in [-0.15, -0.1) is 0 Å². The van der Waals surface area contributed by atoms with Crippen LogP contribution in [0.3, 0.4) is 0 Å². The molecule has 6 heteroatoms. The van der Waals surface area contributed by atoms with E-state index in [1.54, 1.807) is 7.05 Å². The van der Waals surface area contributed by atoms with Gasteiger partial charge in [0.25, 0.3) is 0 Å². The third kappa shape index (κ3) is 5.46. The van der Waals surface area contributed by atoms with Gasteiger partial charge in [0.15, 0.2) is 5.96 Å². The monoisotopic (exact) mass is 336 g/mol. The van der Waals surface area contributed by atoms with Gasteiger partial charge in [-0.2, -0.15) is 0 Å². The Balaban J connectivity index is 1.92. The third-order valence-electron chi connectivity index (χ3n) is 4.18. The molecule has 1 unspecified atom stereocenters. The molecule has 0 radical (unpaired) electrons. The van der Waals surface area contributed by atoms with Crippen molar-refractivity contribution in [3.8, 4) is 0 Å². The molecule has 0 bridgehead atoms. The summed E-state index contributed by atoms with van der Waals surface area (Å²) >= 11 is 0. The molecular formula is C18H29FN4O. The molecule has 0 aromatic heterocycles. The predicted octanol–water partition coefficient (Wildman–Crippen LogP) is 1.93. The zero-order valence-corrected chi connectivity index (χ0v) is 15.2. The standard InChI is InChI=1S/C18H29FN4O/c1-20-18(23(4)11-15-7-8-24-13-15)21-10-14-5-6-17(19)16(9-14)12-22(2)3/h5-6,9,15H,7-8,10-13H2,1-4H3,(H,20,21). The summed E-state index contributed by atoms with van der Waals surface area (Å²) < 4.78 is 19.3. The summed E-state index contributed by atoms with van der Waals surface area (Å²) in [5.41, 5.74) is 1.76. The van der Waals surface area contributed by atoms with E-state index in [2.05, 4.69) is 15.2 Å². The van der Waals surface area contributed by atoms with Crippen LogP contribution in [0.15, 0.2) is 23.2 Å². The van der Waals surface area contributed by atoms with E-state index in [1.807, 2.05) is 38.2 Å². The molecule has 1 aliphatic rings. The Morgan fingerprint density at radius 2 is 2.17 bits per heavy atom. The summed E-state index contributed by atoms with van der Waals surface area (Å²) in [5, 5.41) is 3.36. The van der Waals surface area contributed by atoms with E-state index in [9.17, 15) is 4.39 Å². The Kier molecular flexibility index (Phi) is 6.99. The van der Waals surface area contributed by atoms with E-state index in [1.165, 1.54) is 6.07 Å². The Labute approximate surface area is 144 Å². The van der Waals surface area contributed by atoms with E-state index >= 15 is 0 Å². The van der Waals surface area contributed by atoms with Crippen molar-refractivity contribution in [3.63, 3.8) is 0 Å². The summed E-state index contributed by atoms with van der Waals surface area (Å²) in [6, 6.07) is 5.28. The summed E-state index contributed by atoms with van der Waals surface area (Å²) in [7, 11) is 7.70. The second kappa shape index (κ2) is 8.99. The minimum absolute atomic E-state index is 0.157. The minimum atomic E-state index is -0.157. The number of hydrogen-bond donors (Lipinski definition) is 1.